The van der Waals surface area contributed by atoms with Crippen molar-refractivity contribution in [1.82, 2.24) is 4.57 Å². The summed E-state index contributed by atoms with van der Waals surface area (Å²) in [4.78, 5) is 12.9. The molecular weight excluding hydrogens is 442 g/mol. The largest absolute Gasteiger partial charge is 0.497 e. The zero-order valence-corrected chi connectivity index (χ0v) is 20.5. The quantitative estimate of drug-likeness (QED) is 0.314. The number of fused-ring (bicyclic) bond motifs is 1. The summed E-state index contributed by atoms with van der Waals surface area (Å²) in [5.74, 6) is 1.40. The number of aliphatic hydroxyl groups is 1. The fourth-order valence-electron chi connectivity index (χ4n) is 4.08. The number of hydrogen-bond donors (Lipinski definition) is 1. The molecule has 0 fully saturated rings. The number of hydrogen-bond acceptors (Lipinski definition) is 5. The van der Waals surface area contributed by atoms with Gasteiger partial charge in [-0.1, -0.05) is 36.4 Å². The molecule has 0 unspecified atom stereocenters. The van der Waals surface area contributed by atoms with E-state index in [0.29, 0.717) is 17.5 Å². The SMILES string of the molecule is COc1ccc([C@@H](/C=C/c2ccco2)C[C@H](O)c2cn(C(=O)OC(C)(C)C)c3ccccc23)cc1. The minimum absolute atomic E-state index is 0.107. The average Bonchev–Trinajstić information content (AvgIpc) is 3.49. The summed E-state index contributed by atoms with van der Waals surface area (Å²) < 4.78 is 17.8. The molecule has 182 valence electrons. The van der Waals surface area contributed by atoms with E-state index < -0.39 is 17.8 Å². The lowest BCUT2D eigenvalue weighted by Crippen LogP contribution is -2.26. The molecule has 0 amide bonds. The van der Waals surface area contributed by atoms with Gasteiger partial charge in [0, 0.05) is 23.1 Å². The molecule has 0 aliphatic rings. The van der Waals surface area contributed by atoms with E-state index in [9.17, 15) is 9.90 Å². The van der Waals surface area contributed by atoms with Crippen molar-refractivity contribution in [1.29, 1.82) is 0 Å². The molecule has 2 aromatic heterocycles. The molecule has 0 saturated heterocycles. The van der Waals surface area contributed by atoms with E-state index in [0.717, 1.165) is 22.5 Å². The van der Waals surface area contributed by atoms with Gasteiger partial charge in [-0.05, 0) is 69.2 Å². The van der Waals surface area contributed by atoms with Crippen LogP contribution >= 0.6 is 0 Å². The molecule has 0 bridgehead atoms. The van der Waals surface area contributed by atoms with Crippen LogP contribution in [0.2, 0.25) is 0 Å². The summed E-state index contributed by atoms with van der Waals surface area (Å²) in [6.07, 6.45) is 6.36. The minimum atomic E-state index is -0.822. The van der Waals surface area contributed by atoms with E-state index in [1.54, 1.807) is 19.6 Å². The highest BCUT2D eigenvalue weighted by molar-refractivity contribution is 5.92. The number of aliphatic hydroxyl groups excluding tert-OH is 1. The zero-order chi connectivity index (χ0) is 25.0. The standard InChI is InChI=1S/C29H31NO5/c1-29(2,3)35-28(32)30-19-25(24-9-5-6-10-26(24)30)27(31)18-21(13-16-23-8-7-17-34-23)20-11-14-22(33-4)15-12-20/h5-17,19,21,27,31H,18H2,1-4H3/b16-13+/t21-,27-/m0/s1. The Morgan fingerprint density at radius 1 is 1.09 bits per heavy atom. The first-order valence-electron chi connectivity index (χ1n) is 11.6. The molecule has 4 rings (SSSR count). The van der Waals surface area contributed by atoms with E-state index in [2.05, 4.69) is 0 Å². The molecule has 0 aliphatic carbocycles. The second-order valence-electron chi connectivity index (χ2n) is 9.46. The van der Waals surface area contributed by atoms with Gasteiger partial charge in [0.1, 0.15) is 17.1 Å². The van der Waals surface area contributed by atoms with Crippen LogP contribution in [-0.4, -0.2) is 28.5 Å². The van der Waals surface area contributed by atoms with Crippen molar-refractivity contribution < 1.29 is 23.8 Å². The van der Waals surface area contributed by atoms with E-state index in [1.807, 2.05) is 93.6 Å². The fraction of sp³-hybridized carbons (Fsp3) is 0.276. The number of carbonyl (C=O) groups is 1. The predicted molar refractivity (Wildman–Crippen MR) is 137 cm³/mol. The number of furan rings is 1. The number of carbonyl (C=O) groups excluding carboxylic acids is 1. The van der Waals surface area contributed by atoms with Crippen molar-refractivity contribution in [2.75, 3.05) is 7.11 Å². The normalized spacial score (nSPS) is 13.7. The number of allylic oxidation sites excluding steroid dienone is 1. The Morgan fingerprint density at radius 3 is 2.49 bits per heavy atom. The molecule has 35 heavy (non-hydrogen) atoms. The van der Waals surface area contributed by atoms with Gasteiger partial charge in [-0.3, -0.25) is 4.57 Å². The molecule has 6 heteroatoms. The van der Waals surface area contributed by atoms with Gasteiger partial charge in [0.25, 0.3) is 0 Å². The number of ether oxygens (including phenoxy) is 2. The van der Waals surface area contributed by atoms with Crippen LogP contribution in [0.15, 0.2) is 83.6 Å². The lowest BCUT2D eigenvalue weighted by atomic mass is 9.90. The molecule has 0 saturated carbocycles. The van der Waals surface area contributed by atoms with E-state index in [1.165, 1.54) is 4.57 Å². The van der Waals surface area contributed by atoms with Gasteiger partial charge in [0.05, 0.1) is 25.0 Å². The lowest BCUT2D eigenvalue weighted by molar-refractivity contribution is 0.0543. The highest BCUT2D eigenvalue weighted by atomic mass is 16.6. The average molecular weight is 474 g/mol. The number of rotatable bonds is 7. The minimum Gasteiger partial charge on any atom is -0.497 e. The molecule has 0 spiro atoms. The summed E-state index contributed by atoms with van der Waals surface area (Å²) >= 11 is 0. The monoisotopic (exact) mass is 473 g/mol. The Morgan fingerprint density at radius 2 is 1.83 bits per heavy atom. The maximum Gasteiger partial charge on any atom is 0.419 e. The molecule has 1 N–H and O–H groups in total. The first kappa shape index (κ1) is 24.4. The molecule has 0 aliphatic heterocycles. The summed E-state index contributed by atoms with van der Waals surface area (Å²) in [5.41, 5.74) is 1.78. The summed E-state index contributed by atoms with van der Waals surface area (Å²) in [7, 11) is 1.63. The number of nitrogens with zero attached hydrogens (tertiary/aromatic N) is 1. The maximum absolute atomic E-state index is 12.9. The van der Waals surface area contributed by atoms with Gasteiger partial charge in [0.2, 0.25) is 0 Å². The summed E-state index contributed by atoms with van der Waals surface area (Å²) in [5, 5.41) is 12.2. The van der Waals surface area contributed by atoms with Crippen LogP contribution in [0.5, 0.6) is 5.75 Å². The van der Waals surface area contributed by atoms with E-state index >= 15 is 0 Å². The summed E-state index contributed by atoms with van der Waals surface area (Å²) in [6.45, 7) is 5.49. The molecule has 6 nitrogen and oxygen atoms in total. The van der Waals surface area contributed by atoms with Gasteiger partial charge >= 0.3 is 6.09 Å². The van der Waals surface area contributed by atoms with Crippen LogP contribution in [0.4, 0.5) is 4.79 Å². The first-order valence-corrected chi connectivity index (χ1v) is 11.6. The van der Waals surface area contributed by atoms with Gasteiger partial charge in [-0.15, -0.1) is 0 Å². The number of para-hydroxylation sites is 1. The Balaban J connectivity index is 1.67. The second kappa shape index (κ2) is 10.2. The molecule has 4 aromatic rings. The van der Waals surface area contributed by atoms with Gasteiger partial charge in [-0.2, -0.15) is 0 Å². The molecule has 2 atom stereocenters. The number of aromatic nitrogens is 1. The van der Waals surface area contributed by atoms with Gasteiger partial charge in [-0.25, -0.2) is 4.79 Å². The summed E-state index contributed by atoms with van der Waals surface area (Å²) in [6, 6.07) is 19.0. The molecule has 0 radical (unpaired) electrons. The third-order valence-corrected chi connectivity index (χ3v) is 5.75. The Kier molecular flexibility index (Phi) is 7.12. The molecule has 2 heterocycles. The van der Waals surface area contributed by atoms with Crippen LogP contribution in [0.1, 0.15) is 56.1 Å². The van der Waals surface area contributed by atoms with E-state index in [-0.39, 0.29) is 5.92 Å². The van der Waals surface area contributed by atoms with Crippen LogP contribution in [0, 0.1) is 0 Å². The smallest absolute Gasteiger partial charge is 0.419 e. The highest BCUT2D eigenvalue weighted by Crippen LogP contribution is 2.35. The Labute approximate surface area is 205 Å². The maximum atomic E-state index is 12.9. The van der Waals surface area contributed by atoms with Crippen LogP contribution in [0.3, 0.4) is 0 Å². The third kappa shape index (κ3) is 5.84. The first-order chi connectivity index (χ1) is 16.7. The topological polar surface area (TPSA) is 73.8 Å². The van der Waals surface area contributed by atoms with Crippen molar-refractivity contribution >= 4 is 23.1 Å². The van der Waals surface area contributed by atoms with Gasteiger partial charge in [0.15, 0.2) is 0 Å². The van der Waals surface area contributed by atoms with Gasteiger partial charge < -0.3 is 19.0 Å². The lowest BCUT2D eigenvalue weighted by Gasteiger charge is -2.20. The number of benzene rings is 2. The number of methoxy groups -OCH3 is 1. The van der Waals surface area contributed by atoms with Crippen molar-refractivity contribution in [3.8, 4) is 5.75 Å². The molecule has 2 aromatic carbocycles. The van der Waals surface area contributed by atoms with E-state index in [4.69, 9.17) is 13.9 Å². The van der Waals surface area contributed by atoms with Crippen molar-refractivity contribution in [2.24, 2.45) is 0 Å². The van der Waals surface area contributed by atoms with Crippen LogP contribution in [-0.2, 0) is 4.74 Å². The predicted octanol–water partition coefficient (Wildman–Crippen LogP) is 6.95. The van der Waals surface area contributed by atoms with Crippen molar-refractivity contribution in [3.05, 3.63) is 96.1 Å². The van der Waals surface area contributed by atoms with Crippen LogP contribution in [0.25, 0.3) is 17.0 Å². The second-order valence-corrected chi connectivity index (χ2v) is 9.46. The highest BCUT2D eigenvalue weighted by Gasteiger charge is 2.24. The molecular formula is C29H31NO5. The van der Waals surface area contributed by atoms with Crippen molar-refractivity contribution in [3.63, 3.8) is 0 Å². The van der Waals surface area contributed by atoms with Crippen LogP contribution < -0.4 is 4.74 Å². The Bertz CT molecular complexity index is 1290. The Hall–Kier alpha value is -3.77. The third-order valence-electron chi connectivity index (χ3n) is 5.75. The zero-order valence-electron chi connectivity index (χ0n) is 20.5. The fourth-order valence-corrected chi connectivity index (χ4v) is 4.08. The van der Waals surface area contributed by atoms with Crippen molar-refractivity contribution in [2.45, 2.75) is 44.8 Å².